The van der Waals surface area contributed by atoms with Crippen LogP contribution in [0.15, 0.2) is 0 Å². The number of urea groups is 1. The summed E-state index contributed by atoms with van der Waals surface area (Å²) in [4.78, 5) is 15.1. The molecule has 0 bridgehead atoms. The van der Waals surface area contributed by atoms with Crippen LogP contribution in [0.3, 0.4) is 0 Å². The number of likely N-dealkylation sites (N-methyl/N-ethyl adjacent to an activating group) is 1. The van der Waals surface area contributed by atoms with Gasteiger partial charge in [-0.25, -0.2) is 4.79 Å². The third-order valence-corrected chi connectivity index (χ3v) is 2.76. The van der Waals surface area contributed by atoms with Crippen molar-refractivity contribution in [2.45, 2.75) is 6.92 Å². The molecular formula is C9H19N3O2. The number of piperazine rings is 1. The summed E-state index contributed by atoms with van der Waals surface area (Å²) in [6.07, 6.45) is 0. The lowest BCUT2D eigenvalue weighted by Gasteiger charge is -2.45. The van der Waals surface area contributed by atoms with E-state index in [1.807, 2.05) is 6.92 Å². The van der Waals surface area contributed by atoms with E-state index in [0.717, 1.165) is 0 Å². The standard InChI is InChI=1S/C9H19N3O2/c1-4-10(2)9(13)11-5-7-12(3,14)8-6-11/h4-8H2,1-3H3. The van der Waals surface area contributed by atoms with Crippen LogP contribution in [0.1, 0.15) is 6.92 Å². The number of carbonyl (C=O) groups is 1. The van der Waals surface area contributed by atoms with E-state index in [2.05, 4.69) is 0 Å². The van der Waals surface area contributed by atoms with Crippen molar-refractivity contribution >= 4 is 6.03 Å². The molecule has 1 fully saturated rings. The second kappa shape index (κ2) is 4.14. The smallest absolute Gasteiger partial charge is 0.320 e. The Labute approximate surface area is 85.1 Å². The molecule has 0 aromatic carbocycles. The van der Waals surface area contributed by atoms with Crippen LogP contribution < -0.4 is 0 Å². The molecule has 14 heavy (non-hydrogen) atoms. The van der Waals surface area contributed by atoms with Gasteiger partial charge in [-0.3, -0.25) is 0 Å². The predicted octanol–water partition coefficient (Wildman–Crippen LogP) is 0.318. The Morgan fingerprint density at radius 2 is 2.00 bits per heavy atom. The molecular weight excluding hydrogens is 182 g/mol. The SMILES string of the molecule is CCN(C)C(=O)N1CC[N+](C)([O-])CC1. The van der Waals surface area contributed by atoms with Crippen molar-refractivity contribution in [3.8, 4) is 0 Å². The summed E-state index contributed by atoms with van der Waals surface area (Å²) < 4.78 is -0.223. The molecule has 0 spiro atoms. The van der Waals surface area contributed by atoms with Crippen molar-refractivity contribution in [2.24, 2.45) is 0 Å². The molecule has 0 aliphatic carbocycles. The second-order valence-electron chi connectivity index (χ2n) is 4.03. The van der Waals surface area contributed by atoms with Gasteiger partial charge in [-0.05, 0) is 6.92 Å². The van der Waals surface area contributed by atoms with Crippen LogP contribution in [0.5, 0.6) is 0 Å². The van der Waals surface area contributed by atoms with Crippen LogP contribution >= 0.6 is 0 Å². The molecule has 1 aliphatic heterocycles. The molecule has 0 radical (unpaired) electrons. The molecule has 0 saturated carbocycles. The summed E-state index contributed by atoms with van der Waals surface area (Å²) in [5.74, 6) is 0. The Hall–Kier alpha value is -0.810. The van der Waals surface area contributed by atoms with Gasteiger partial charge in [-0.15, -0.1) is 0 Å². The molecule has 0 unspecified atom stereocenters. The van der Waals surface area contributed by atoms with Gasteiger partial charge in [0.15, 0.2) is 0 Å². The fourth-order valence-corrected chi connectivity index (χ4v) is 1.46. The zero-order chi connectivity index (χ0) is 10.8. The maximum absolute atomic E-state index is 11.7. The van der Waals surface area contributed by atoms with Crippen LogP contribution in [-0.4, -0.2) is 67.3 Å². The Bertz CT molecular complexity index is 208. The van der Waals surface area contributed by atoms with E-state index in [-0.39, 0.29) is 10.7 Å². The van der Waals surface area contributed by atoms with Crippen molar-refractivity contribution in [3.63, 3.8) is 0 Å². The first-order valence-electron chi connectivity index (χ1n) is 5.02. The first kappa shape index (κ1) is 11.3. The fraction of sp³-hybridized carbons (Fsp3) is 0.889. The van der Waals surface area contributed by atoms with E-state index < -0.39 is 0 Å². The van der Waals surface area contributed by atoms with Crippen LogP contribution in [-0.2, 0) is 0 Å². The summed E-state index contributed by atoms with van der Waals surface area (Å²) in [6.45, 7) is 4.80. The molecule has 0 atom stereocenters. The summed E-state index contributed by atoms with van der Waals surface area (Å²) in [5, 5.41) is 11.5. The van der Waals surface area contributed by atoms with Crippen molar-refractivity contribution in [1.82, 2.24) is 9.80 Å². The maximum atomic E-state index is 11.7. The Kier molecular flexibility index (Phi) is 3.34. The highest BCUT2D eigenvalue weighted by molar-refractivity contribution is 5.74. The topological polar surface area (TPSA) is 46.6 Å². The van der Waals surface area contributed by atoms with E-state index in [4.69, 9.17) is 0 Å². The molecule has 0 aromatic heterocycles. The third kappa shape index (κ3) is 2.59. The number of hydrogen-bond donors (Lipinski definition) is 0. The maximum Gasteiger partial charge on any atom is 0.320 e. The van der Waals surface area contributed by atoms with E-state index in [1.165, 1.54) is 0 Å². The Balaban J connectivity index is 2.46. The van der Waals surface area contributed by atoms with E-state index in [0.29, 0.717) is 32.7 Å². The summed E-state index contributed by atoms with van der Waals surface area (Å²) >= 11 is 0. The first-order valence-corrected chi connectivity index (χ1v) is 5.02. The molecule has 5 heteroatoms. The molecule has 1 rings (SSSR count). The summed E-state index contributed by atoms with van der Waals surface area (Å²) in [5.41, 5.74) is 0. The molecule has 0 N–H and O–H groups in total. The minimum absolute atomic E-state index is 0.0344. The predicted molar refractivity (Wildman–Crippen MR) is 54.6 cm³/mol. The zero-order valence-electron chi connectivity index (χ0n) is 9.19. The molecule has 0 aromatic rings. The lowest BCUT2D eigenvalue weighted by atomic mass is 10.3. The van der Waals surface area contributed by atoms with Gasteiger partial charge in [0.25, 0.3) is 0 Å². The number of carbonyl (C=O) groups excluding carboxylic acids is 1. The zero-order valence-corrected chi connectivity index (χ0v) is 9.19. The number of quaternary nitrogens is 1. The molecule has 5 nitrogen and oxygen atoms in total. The highest BCUT2D eigenvalue weighted by Gasteiger charge is 2.26. The Morgan fingerprint density at radius 3 is 2.43 bits per heavy atom. The lowest BCUT2D eigenvalue weighted by Crippen LogP contribution is -2.57. The average molecular weight is 201 g/mol. The van der Waals surface area contributed by atoms with Crippen LogP contribution in [0.4, 0.5) is 4.79 Å². The van der Waals surface area contributed by atoms with Crippen LogP contribution in [0, 0.1) is 5.21 Å². The number of rotatable bonds is 1. The third-order valence-electron chi connectivity index (χ3n) is 2.76. The lowest BCUT2D eigenvalue weighted by molar-refractivity contribution is -0.864. The second-order valence-corrected chi connectivity index (χ2v) is 4.03. The Morgan fingerprint density at radius 1 is 1.50 bits per heavy atom. The van der Waals surface area contributed by atoms with Gasteiger partial charge in [0, 0.05) is 13.6 Å². The van der Waals surface area contributed by atoms with E-state index in [1.54, 1.807) is 23.9 Å². The van der Waals surface area contributed by atoms with Gasteiger partial charge in [-0.2, -0.15) is 0 Å². The van der Waals surface area contributed by atoms with Crippen molar-refractivity contribution in [3.05, 3.63) is 5.21 Å². The molecule has 1 aliphatic rings. The number of hydrogen-bond acceptors (Lipinski definition) is 2. The normalized spacial score (nSPS) is 20.7. The van der Waals surface area contributed by atoms with E-state index >= 15 is 0 Å². The van der Waals surface area contributed by atoms with Gasteiger partial charge < -0.3 is 19.7 Å². The monoisotopic (exact) mass is 201 g/mol. The van der Waals surface area contributed by atoms with Crippen LogP contribution in [0.2, 0.25) is 0 Å². The summed E-state index contributed by atoms with van der Waals surface area (Å²) in [7, 11) is 3.44. The van der Waals surface area contributed by atoms with Crippen molar-refractivity contribution in [2.75, 3.05) is 46.8 Å². The minimum atomic E-state index is -0.223. The molecule has 1 saturated heterocycles. The number of nitrogens with zero attached hydrogens (tertiary/aromatic N) is 3. The highest BCUT2D eigenvalue weighted by Crippen LogP contribution is 2.09. The molecule has 2 amide bonds. The average Bonchev–Trinajstić information content (AvgIpc) is 2.15. The first-order chi connectivity index (χ1) is 6.46. The molecule has 1 heterocycles. The van der Waals surface area contributed by atoms with Crippen molar-refractivity contribution in [1.29, 1.82) is 0 Å². The summed E-state index contributed by atoms with van der Waals surface area (Å²) in [6, 6.07) is 0.0344. The van der Waals surface area contributed by atoms with Gasteiger partial charge in [0.05, 0.1) is 33.2 Å². The van der Waals surface area contributed by atoms with Crippen LogP contribution in [0.25, 0.3) is 0 Å². The van der Waals surface area contributed by atoms with Gasteiger partial charge >= 0.3 is 6.03 Å². The number of hydroxylamine groups is 3. The molecule has 82 valence electrons. The largest absolute Gasteiger partial charge is 0.633 e. The number of amides is 2. The quantitative estimate of drug-likeness (QED) is 0.453. The van der Waals surface area contributed by atoms with Gasteiger partial charge in [-0.1, -0.05) is 0 Å². The van der Waals surface area contributed by atoms with Crippen molar-refractivity contribution < 1.29 is 9.44 Å². The van der Waals surface area contributed by atoms with Gasteiger partial charge in [0.2, 0.25) is 0 Å². The van der Waals surface area contributed by atoms with E-state index in [9.17, 15) is 10.0 Å². The van der Waals surface area contributed by atoms with Gasteiger partial charge in [0.1, 0.15) is 0 Å². The highest BCUT2D eigenvalue weighted by atomic mass is 16.5. The minimum Gasteiger partial charge on any atom is -0.633 e. The fourth-order valence-electron chi connectivity index (χ4n) is 1.46.